The third kappa shape index (κ3) is 5.02. The van der Waals surface area contributed by atoms with Gasteiger partial charge in [-0.1, -0.05) is 20.8 Å². The van der Waals surface area contributed by atoms with Gasteiger partial charge in [0.25, 0.3) is 0 Å². The van der Waals surface area contributed by atoms with E-state index in [-0.39, 0.29) is 5.75 Å². The Balaban J connectivity index is 2.46. The van der Waals surface area contributed by atoms with Gasteiger partial charge in [-0.15, -0.1) is 0 Å². The fourth-order valence-corrected chi connectivity index (χ4v) is 4.19. The Morgan fingerprint density at radius 1 is 1.32 bits per heavy atom. The van der Waals surface area contributed by atoms with Gasteiger partial charge in [-0.25, -0.2) is 12.7 Å². The molecule has 6 heteroatoms. The van der Waals surface area contributed by atoms with Gasteiger partial charge in [-0.2, -0.15) is 0 Å². The Hall–Kier alpha value is -0.170. The summed E-state index contributed by atoms with van der Waals surface area (Å²) in [6, 6.07) is 0.746. The van der Waals surface area contributed by atoms with E-state index in [4.69, 9.17) is 0 Å². The topological polar surface area (TPSA) is 52.7 Å². The molecule has 1 rings (SSSR count). The molecule has 0 aliphatic carbocycles. The van der Waals surface area contributed by atoms with Crippen molar-refractivity contribution in [2.24, 2.45) is 5.92 Å². The molecule has 1 fully saturated rings. The predicted molar refractivity (Wildman–Crippen MR) is 79.8 cm³/mol. The fourth-order valence-electron chi connectivity index (χ4n) is 2.58. The summed E-state index contributed by atoms with van der Waals surface area (Å²) in [6.07, 6.45) is 0.679. The summed E-state index contributed by atoms with van der Waals surface area (Å²) in [7, 11) is 0.945. The monoisotopic (exact) mass is 291 g/mol. The number of likely N-dealkylation sites (N-methyl/N-ethyl adjacent to an activating group) is 1. The van der Waals surface area contributed by atoms with Crippen molar-refractivity contribution in [3.05, 3.63) is 0 Å². The van der Waals surface area contributed by atoms with Gasteiger partial charge in [-0.05, 0) is 33.0 Å². The van der Waals surface area contributed by atoms with Crippen LogP contribution in [0.3, 0.4) is 0 Å². The van der Waals surface area contributed by atoms with Gasteiger partial charge in [0.15, 0.2) is 0 Å². The van der Waals surface area contributed by atoms with Gasteiger partial charge in [-0.3, -0.25) is 0 Å². The zero-order valence-corrected chi connectivity index (χ0v) is 13.7. The van der Waals surface area contributed by atoms with Crippen molar-refractivity contribution in [3.8, 4) is 0 Å². The number of rotatable bonds is 7. The number of nitrogens with one attached hydrogen (secondary N) is 1. The second kappa shape index (κ2) is 7.02. The molecule has 0 aromatic heterocycles. The first-order valence-corrected chi connectivity index (χ1v) is 8.72. The smallest absolute Gasteiger partial charge is 0.214 e. The minimum Gasteiger partial charge on any atom is -0.314 e. The van der Waals surface area contributed by atoms with Crippen molar-refractivity contribution in [1.29, 1.82) is 0 Å². The molecule has 0 amide bonds. The lowest BCUT2D eigenvalue weighted by molar-refractivity contribution is 0.263. The van der Waals surface area contributed by atoms with Gasteiger partial charge in [0.2, 0.25) is 10.0 Å². The van der Waals surface area contributed by atoms with E-state index in [9.17, 15) is 8.42 Å². The van der Waals surface area contributed by atoms with E-state index in [1.54, 1.807) is 4.31 Å². The molecule has 2 atom stereocenters. The van der Waals surface area contributed by atoms with Gasteiger partial charge >= 0.3 is 0 Å². The molecule has 0 aromatic carbocycles. The molecule has 1 saturated heterocycles. The first-order chi connectivity index (χ1) is 8.74. The minimum atomic E-state index is -3.09. The second-order valence-electron chi connectivity index (χ2n) is 6.10. The van der Waals surface area contributed by atoms with Crippen molar-refractivity contribution >= 4 is 10.0 Å². The van der Waals surface area contributed by atoms with Crippen LogP contribution < -0.4 is 5.32 Å². The van der Waals surface area contributed by atoms with E-state index in [0.29, 0.717) is 37.5 Å². The summed E-state index contributed by atoms with van der Waals surface area (Å²) in [6.45, 7) is 8.31. The quantitative estimate of drug-likeness (QED) is 0.698. The normalized spacial score (nSPS) is 25.6. The van der Waals surface area contributed by atoms with Crippen molar-refractivity contribution in [1.82, 2.24) is 14.5 Å². The van der Waals surface area contributed by atoms with Crippen molar-refractivity contribution in [2.75, 3.05) is 39.5 Å². The summed E-state index contributed by atoms with van der Waals surface area (Å²) in [4.78, 5) is 2.13. The summed E-state index contributed by atoms with van der Waals surface area (Å²) >= 11 is 0. The van der Waals surface area contributed by atoms with Crippen LogP contribution >= 0.6 is 0 Å². The van der Waals surface area contributed by atoms with E-state index < -0.39 is 10.0 Å². The Kier molecular flexibility index (Phi) is 6.23. The highest BCUT2D eigenvalue weighted by Crippen LogP contribution is 2.23. The van der Waals surface area contributed by atoms with Crippen LogP contribution in [0.4, 0.5) is 0 Å². The van der Waals surface area contributed by atoms with Crippen LogP contribution in [0.1, 0.15) is 27.2 Å². The highest BCUT2D eigenvalue weighted by molar-refractivity contribution is 7.89. The first kappa shape index (κ1) is 16.9. The standard InChI is InChI=1S/C13H29N3O2S/c1-11(2)14-7-6-8-19(17,18)16-9-12(3)13(10-16)15(4)5/h11-14H,6-10H2,1-5H3. The number of hydrogen-bond acceptors (Lipinski definition) is 4. The maximum Gasteiger partial charge on any atom is 0.214 e. The fraction of sp³-hybridized carbons (Fsp3) is 1.00. The molecule has 19 heavy (non-hydrogen) atoms. The lowest BCUT2D eigenvalue weighted by Gasteiger charge is -2.22. The summed E-state index contributed by atoms with van der Waals surface area (Å²) in [5, 5.41) is 3.25. The van der Waals surface area contributed by atoms with Gasteiger partial charge in [0.1, 0.15) is 0 Å². The average molecular weight is 291 g/mol. The molecule has 0 aromatic rings. The molecule has 0 bridgehead atoms. The maximum atomic E-state index is 12.3. The average Bonchev–Trinajstić information content (AvgIpc) is 2.67. The van der Waals surface area contributed by atoms with E-state index in [2.05, 4.69) is 31.0 Å². The Morgan fingerprint density at radius 2 is 1.95 bits per heavy atom. The van der Waals surface area contributed by atoms with Gasteiger partial charge in [0, 0.05) is 25.2 Å². The third-order valence-electron chi connectivity index (χ3n) is 3.73. The number of nitrogens with zero attached hydrogens (tertiary/aromatic N) is 2. The molecule has 5 nitrogen and oxygen atoms in total. The zero-order chi connectivity index (χ0) is 14.6. The maximum absolute atomic E-state index is 12.3. The molecule has 0 radical (unpaired) electrons. The number of hydrogen-bond donors (Lipinski definition) is 1. The van der Waals surface area contributed by atoms with Crippen LogP contribution in [-0.2, 0) is 10.0 Å². The first-order valence-electron chi connectivity index (χ1n) is 7.11. The lowest BCUT2D eigenvalue weighted by Crippen LogP contribution is -2.37. The van der Waals surface area contributed by atoms with Crippen LogP contribution in [0.2, 0.25) is 0 Å². The van der Waals surface area contributed by atoms with Gasteiger partial charge in [0.05, 0.1) is 5.75 Å². The molecule has 0 spiro atoms. The van der Waals surface area contributed by atoms with Crippen LogP contribution in [0, 0.1) is 5.92 Å². The van der Waals surface area contributed by atoms with E-state index in [1.165, 1.54) is 0 Å². The van der Waals surface area contributed by atoms with Crippen LogP contribution in [-0.4, -0.2) is 69.2 Å². The Labute approximate surface area is 118 Å². The molecular weight excluding hydrogens is 262 g/mol. The molecule has 1 aliphatic rings. The highest BCUT2D eigenvalue weighted by atomic mass is 32.2. The zero-order valence-electron chi connectivity index (χ0n) is 12.9. The highest BCUT2D eigenvalue weighted by Gasteiger charge is 2.36. The summed E-state index contributed by atoms with van der Waals surface area (Å²) < 4.78 is 26.2. The van der Waals surface area contributed by atoms with E-state index in [1.807, 2.05) is 14.1 Å². The molecule has 0 saturated carbocycles. The van der Waals surface area contributed by atoms with Crippen molar-refractivity contribution < 1.29 is 8.42 Å². The molecule has 1 N–H and O–H groups in total. The predicted octanol–water partition coefficient (Wildman–Crippen LogP) is 0.586. The van der Waals surface area contributed by atoms with Crippen LogP contribution in [0.5, 0.6) is 0 Å². The largest absolute Gasteiger partial charge is 0.314 e. The number of sulfonamides is 1. The van der Waals surface area contributed by atoms with E-state index in [0.717, 1.165) is 6.54 Å². The van der Waals surface area contributed by atoms with E-state index >= 15 is 0 Å². The van der Waals surface area contributed by atoms with Gasteiger partial charge < -0.3 is 10.2 Å². The minimum absolute atomic E-state index is 0.250. The lowest BCUT2D eigenvalue weighted by atomic mass is 10.1. The van der Waals surface area contributed by atoms with Crippen LogP contribution in [0.25, 0.3) is 0 Å². The third-order valence-corrected chi connectivity index (χ3v) is 5.62. The SMILES string of the molecule is CC(C)NCCCS(=O)(=O)N1CC(C)C(N(C)C)C1. The molecule has 2 unspecified atom stereocenters. The van der Waals surface area contributed by atoms with Crippen molar-refractivity contribution in [3.63, 3.8) is 0 Å². The molecule has 114 valence electrons. The van der Waals surface area contributed by atoms with Crippen molar-refractivity contribution in [2.45, 2.75) is 39.3 Å². The molecule has 1 heterocycles. The Morgan fingerprint density at radius 3 is 2.42 bits per heavy atom. The van der Waals surface area contributed by atoms with Crippen LogP contribution in [0.15, 0.2) is 0 Å². The summed E-state index contributed by atoms with van der Waals surface area (Å²) in [5.74, 6) is 0.651. The second-order valence-corrected chi connectivity index (χ2v) is 8.19. The summed E-state index contributed by atoms with van der Waals surface area (Å²) in [5.41, 5.74) is 0. The molecular formula is C13H29N3O2S. The Bertz CT molecular complexity index is 368. The molecule has 1 aliphatic heterocycles.